The molecule has 2 aromatic carbocycles. The van der Waals surface area contributed by atoms with Crippen molar-refractivity contribution < 1.29 is 9.47 Å². The molecule has 4 atom stereocenters. The first-order valence-electron chi connectivity index (χ1n) is 10.9. The van der Waals surface area contributed by atoms with E-state index in [0.29, 0.717) is 0 Å². The van der Waals surface area contributed by atoms with E-state index in [4.69, 9.17) is 9.47 Å². The van der Waals surface area contributed by atoms with Gasteiger partial charge in [0, 0.05) is 10.9 Å². The van der Waals surface area contributed by atoms with Gasteiger partial charge >= 0.3 is 0 Å². The number of rotatable bonds is 7. The van der Waals surface area contributed by atoms with Crippen LogP contribution >= 0.6 is 0 Å². The van der Waals surface area contributed by atoms with Crippen LogP contribution in [0.3, 0.4) is 0 Å². The lowest BCUT2D eigenvalue weighted by molar-refractivity contribution is -0.00342. The summed E-state index contributed by atoms with van der Waals surface area (Å²) in [7, 11) is 0. The zero-order valence-corrected chi connectivity index (χ0v) is 18.5. The van der Waals surface area contributed by atoms with Crippen molar-refractivity contribution in [3.63, 3.8) is 0 Å². The smallest absolute Gasteiger partial charge is 0.193 e. The van der Waals surface area contributed by atoms with Crippen LogP contribution in [0.5, 0.6) is 0 Å². The number of hydrogen-bond acceptors (Lipinski definition) is 2. The van der Waals surface area contributed by atoms with Gasteiger partial charge in [-0.2, -0.15) is 0 Å². The molecule has 154 valence electrons. The average molecular weight is 392 g/mol. The van der Waals surface area contributed by atoms with Gasteiger partial charge in [0.15, 0.2) is 11.9 Å². The minimum Gasteiger partial charge on any atom is -0.346 e. The highest BCUT2D eigenvalue weighted by atomic mass is 16.8. The van der Waals surface area contributed by atoms with E-state index in [0.717, 1.165) is 12.8 Å². The molecule has 3 nitrogen and oxygen atoms in total. The molecule has 3 heteroatoms. The summed E-state index contributed by atoms with van der Waals surface area (Å²) in [6.45, 7) is 13.0. The molecule has 0 bridgehead atoms. The summed E-state index contributed by atoms with van der Waals surface area (Å²) in [5.41, 5.74) is 5.98. The quantitative estimate of drug-likeness (QED) is 0.429. The molecule has 0 aliphatic carbocycles. The fraction of sp³-hybridized carbons (Fsp3) is 0.462. The van der Waals surface area contributed by atoms with E-state index in [1.165, 1.54) is 33.3 Å². The Morgan fingerprint density at radius 3 is 2.45 bits per heavy atom. The lowest BCUT2D eigenvalue weighted by Crippen LogP contribution is -2.21. The molecule has 3 aromatic rings. The monoisotopic (exact) mass is 391 g/mol. The third-order valence-corrected chi connectivity index (χ3v) is 6.44. The van der Waals surface area contributed by atoms with Gasteiger partial charge < -0.3 is 14.0 Å². The highest BCUT2D eigenvalue weighted by molar-refractivity contribution is 5.83. The van der Waals surface area contributed by atoms with E-state index in [1.54, 1.807) is 0 Å². The summed E-state index contributed by atoms with van der Waals surface area (Å²) in [6.07, 6.45) is 2.06. The molecule has 4 rings (SSSR count). The van der Waals surface area contributed by atoms with E-state index < -0.39 is 5.60 Å². The second kappa shape index (κ2) is 7.62. The molecule has 0 radical (unpaired) electrons. The average Bonchev–Trinajstić information content (AvgIpc) is 3.21. The summed E-state index contributed by atoms with van der Waals surface area (Å²) < 4.78 is 14.7. The first-order chi connectivity index (χ1) is 13.9. The molecule has 2 heterocycles. The zero-order valence-electron chi connectivity index (χ0n) is 18.5. The zero-order chi connectivity index (χ0) is 20.8. The Hall–Kier alpha value is -2.10. The number of benzene rings is 2. The minimum absolute atomic E-state index is 0.184. The molecular formula is C26H33NO2. The molecule has 29 heavy (non-hydrogen) atoms. The third-order valence-electron chi connectivity index (χ3n) is 6.44. The van der Waals surface area contributed by atoms with Gasteiger partial charge in [-0.3, -0.25) is 0 Å². The van der Waals surface area contributed by atoms with Gasteiger partial charge in [0.1, 0.15) is 0 Å². The van der Waals surface area contributed by atoms with Crippen molar-refractivity contribution in [2.45, 2.75) is 78.4 Å². The fourth-order valence-electron chi connectivity index (χ4n) is 4.17. The predicted molar refractivity (Wildman–Crippen MR) is 119 cm³/mol. The highest BCUT2D eigenvalue weighted by Crippen LogP contribution is 2.49. The fourth-order valence-corrected chi connectivity index (χ4v) is 4.17. The van der Waals surface area contributed by atoms with E-state index in [-0.39, 0.29) is 18.4 Å². The Kier molecular flexibility index (Phi) is 5.30. The van der Waals surface area contributed by atoms with Crippen LogP contribution < -0.4 is 0 Å². The van der Waals surface area contributed by atoms with Gasteiger partial charge in [-0.25, -0.2) is 0 Å². The lowest BCUT2D eigenvalue weighted by Gasteiger charge is -2.22. The van der Waals surface area contributed by atoms with Gasteiger partial charge in [-0.1, -0.05) is 49.7 Å². The summed E-state index contributed by atoms with van der Waals surface area (Å²) in [4.78, 5) is 0. The molecule has 0 N–H and O–H groups in total. The molecule has 1 aliphatic rings. The molecule has 1 aromatic heterocycles. The Morgan fingerprint density at radius 1 is 1.07 bits per heavy atom. The molecule has 1 unspecified atom stereocenters. The Bertz CT molecular complexity index is 1000. The van der Waals surface area contributed by atoms with Gasteiger partial charge in [0.25, 0.3) is 0 Å². The Morgan fingerprint density at radius 2 is 1.79 bits per heavy atom. The van der Waals surface area contributed by atoms with Crippen LogP contribution in [0, 0.1) is 6.92 Å². The number of hydrogen-bond donors (Lipinski definition) is 0. The highest BCUT2D eigenvalue weighted by Gasteiger charge is 2.57. The molecular weight excluding hydrogens is 358 g/mol. The lowest BCUT2D eigenvalue weighted by atomic mass is 10.0. The van der Waals surface area contributed by atoms with Crippen LogP contribution in [-0.2, 0) is 21.5 Å². The van der Waals surface area contributed by atoms with Gasteiger partial charge in [0.05, 0.1) is 17.8 Å². The maximum atomic E-state index is 6.14. The summed E-state index contributed by atoms with van der Waals surface area (Å²) in [6, 6.07) is 18.2. The molecule has 0 saturated carbocycles. The van der Waals surface area contributed by atoms with Crippen molar-refractivity contribution in [3.8, 4) is 0 Å². The largest absolute Gasteiger partial charge is 0.346 e. The van der Waals surface area contributed by atoms with E-state index in [2.05, 4.69) is 94.6 Å². The maximum Gasteiger partial charge on any atom is 0.193 e. The van der Waals surface area contributed by atoms with Crippen LogP contribution in [0.15, 0.2) is 48.5 Å². The Labute approximate surface area is 174 Å². The number of aromatic nitrogens is 1. The van der Waals surface area contributed by atoms with E-state index >= 15 is 0 Å². The van der Waals surface area contributed by atoms with Gasteiger partial charge in [-0.15, -0.1) is 0 Å². The first-order valence-corrected chi connectivity index (χ1v) is 10.9. The molecule has 0 spiro atoms. The topological polar surface area (TPSA) is 26.7 Å². The van der Waals surface area contributed by atoms with Crippen molar-refractivity contribution >= 4 is 10.9 Å². The van der Waals surface area contributed by atoms with Crippen LogP contribution in [-0.4, -0.2) is 17.0 Å². The molecule has 1 aliphatic heterocycles. The van der Waals surface area contributed by atoms with Crippen LogP contribution in [0.25, 0.3) is 10.9 Å². The van der Waals surface area contributed by atoms with Crippen molar-refractivity contribution in [2.75, 3.05) is 0 Å². The normalized spacial score (nSPS) is 23.3. The molecule has 1 saturated heterocycles. The number of epoxide rings is 1. The van der Waals surface area contributed by atoms with Gasteiger partial charge in [0.2, 0.25) is 0 Å². The number of nitrogens with zero attached hydrogens (tertiary/aromatic N) is 1. The summed E-state index contributed by atoms with van der Waals surface area (Å²) >= 11 is 0. The second-order valence-electron chi connectivity index (χ2n) is 8.64. The van der Waals surface area contributed by atoms with Crippen LogP contribution in [0.2, 0.25) is 0 Å². The van der Waals surface area contributed by atoms with Crippen molar-refractivity contribution in [3.05, 3.63) is 70.9 Å². The second-order valence-corrected chi connectivity index (χ2v) is 8.64. The number of ether oxygens (including phenoxy) is 2. The molecule has 1 fully saturated rings. The van der Waals surface area contributed by atoms with E-state index in [1.807, 2.05) is 0 Å². The van der Waals surface area contributed by atoms with Crippen molar-refractivity contribution in [2.24, 2.45) is 0 Å². The predicted octanol–water partition coefficient (Wildman–Crippen LogP) is 6.51. The van der Waals surface area contributed by atoms with Crippen LogP contribution in [0.1, 0.15) is 69.5 Å². The third kappa shape index (κ3) is 3.62. The first kappa shape index (κ1) is 20.2. The molecule has 0 amide bonds. The maximum absolute atomic E-state index is 6.14. The minimum atomic E-state index is -0.409. The van der Waals surface area contributed by atoms with Crippen molar-refractivity contribution in [1.82, 2.24) is 4.57 Å². The number of fused-ring (bicyclic) bond motifs is 1. The van der Waals surface area contributed by atoms with E-state index in [9.17, 15) is 0 Å². The standard InChI is InChI=1S/C26H33NO2/c1-7-18(4)28-25-26(6,29-25)24-16-22-15-17(3)9-14-23(22)27(24)19(5)21-12-10-20(8-2)11-13-21/h9-16,18-19,25H,7-8H2,1-6H3/t18-,19+,25?,26+/m1/s1. The summed E-state index contributed by atoms with van der Waals surface area (Å²) in [5, 5.41) is 1.26. The SMILES string of the molecule is CCc1ccc([C@H](C)n2c([C@]3(C)OC3O[C@H](C)CC)cc3cc(C)ccc32)cc1. The van der Waals surface area contributed by atoms with Gasteiger partial charge in [-0.05, 0) is 69.9 Å². The van der Waals surface area contributed by atoms with Crippen LogP contribution in [0.4, 0.5) is 0 Å². The number of aryl methyl sites for hydroxylation is 2. The van der Waals surface area contributed by atoms with Crippen molar-refractivity contribution in [1.29, 1.82) is 0 Å². The summed E-state index contributed by atoms with van der Waals surface area (Å²) in [5.74, 6) is 0. The Balaban J connectivity index is 1.78.